The third-order valence-corrected chi connectivity index (χ3v) is 5.46. The summed E-state index contributed by atoms with van der Waals surface area (Å²) in [7, 11) is -3.63. The summed E-state index contributed by atoms with van der Waals surface area (Å²) in [5, 5.41) is 3.24. The lowest BCUT2D eigenvalue weighted by Crippen LogP contribution is -2.31. The van der Waals surface area contributed by atoms with Crippen molar-refractivity contribution in [3.63, 3.8) is 0 Å². The third-order valence-electron chi connectivity index (χ3n) is 2.79. The van der Waals surface area contributed by atoms with Gasteiger partial charge in [-0.2, -0.15) is 0 Å². The Balaban J connectivity index is 1.89. The first-order chi connectivity index (χ1) is 9.38. The minimum atomic E-state index is -3.63. The molecule has 0 spiro atoms. The quantitative estimate of drug-likeness (QED) is 0.792. The molecule has 20 heavy (non-hydrogen) atoms. The van der Waals surface area contributed by atoms with Crippen molar-refractivity contribution in [1.29, 1.82) is 0 Å². The molecule has 0 aromatic heterocycles. The molecule has 0 bridgehead atoms. The first-order valence-corrected chi connectivity index (χ1v) is 8.78. The maximum Gasteiger partial charge on any atom is 0.240 e. The summed E-state index contributed by atoms with van der Waals surface area (Å²) in [5.41, 5.74) is 0. The Kier molecular flexibility index (Phi) is 5.06. The van der Waals surface area contributed by atoms with Crippen molar-refractivity contribution < 1.29 is 13.2 Å². The summed E-state index contributed by atoms with van der Waals surface area (Å²) in [4.78, 5) is 11.6. The van der Waals surface area contributed by atoms with Crippen molar-refractivity contribution in [2.24, 2.45) is 0 Å². The summed E-state index contributed by atoms with van der Waals surface area (Å²) < 4.78 is 26.9. The first kappa shape index (κ1) is 15.8. The summed E-state index contributed by atoms with van der Waals surface area (Å²) in [6.45, 7) is 0.0706. The van der Waals surface area contributed by atoms with Crippen LogP contribution in [0.1, 0.15) is 19.3 Å². The van der Waals surface area contributed by atoms with E-state index in [1.807, 2.05) is 0 Å². The molecule has 1 aliphatic rings. The molecule has 0 aliphatic heterocycles. The molecular weight excluding hydrogens is 368 g/mol. The highest BCUT2D eigenvalue weighted by molar-refractivity contribution is 9.10. The zero-order valence-electron chi connectivity index (χ0n) is 10.5. The van der Waals surface area contributed by atoms with E-state index >= 15 is 0 Å². The Morgan fingerprint density at radius 2 is 2.10 bits per heavy atom. The number of hydrogen-bond donors (Lipinski definition) is 2. The fourth-order valence-electron chi connectivity index (χ4n) is 1.55. The van der Waals surface area contributed by atoms with Gasteiger partial charge in [0.2, 0.25) is 15.9 Å². The fraction of sp³-hybridized carbons (Fsp3) is 0.417. The van der Waals surface area contributed by atoms with Crippen LogP contribution < -0.4 is 10.0 Å². The molecule has 1 aromatic rings. The van der Waals surface area contributed by atoms with E-state index in [-0.39, 0.29) is 29.8 Å². The van der Waals surface area contributed by atoms with Gasteiger partial charge in [0.25, 0.3) is 0 Å². The van der Waals surface area contributed by atoms with Gasteiger partial charge in [-0.3, -0.25) is 4.79 Å². The monoisotopic (exact) mass is 380 g/mol. The van der Waals surface area contributed by atoms with E-state index in [1.165, 1.54) is 18.2 Å². The van der Waals surface area contributed by atoms with Gasteiger partial charge in [-0.1, -0.05) is 11.6 Å². The molecule has 0 saturated heterocycles. The Bertz CT molecular complexity index is 617. The van der Waals surface area contributed by atoms with E-state index in [9.17, 15) is 13.2 Å². The second kappa shape index (κ2) is 6.43. The molecule has 2 N–H and O–H groups in total. The van der Waals surface area contributed by atoms with Crippen LogP contribution >= 0.6 is 27.5 Å². The van der Waals surface area contributed by atoms with Crippen molar-refractivity contribution in [1.82, 2.24) is 10.0 Å². The lowest BCUT2D eigenvalue weighted by Gasteiger charge is -2.08. The SMILES string of the molecule is O=C(CCNS(=O)(=O)c1ccc(Cl)c(Br)c1)NC1CC1. The summed E-state index contributed by atoms with van der Waals surface area (Å²) >= 11 is 8.99. The lowest BCUT2D eigenvalue weighted by molar-refractivity contribution is -0.121. The van der Waals surface area contributed by atoms with Gasteiger partial charge >= 0.3 is 0 Å². The van der Waals surface area contributed by atoms with Gasteiger partial charge in [-0.05, 0) is 47.0 Å². The number of halogens is 2. The smallest absolute Gasteiger partial charge is 0.240 e. The molecule has 2 rings (SSSR count). The maximum absolute atomic E-state index is 12.0. The van der Waals surface area contributed by atoms with E-state index in [1.54, 1.807) is 0 Å². The molecular formula is C12H14BrClN2O3S. The van der Waals surface area contributed by atoms with Crippen LogP contribution in [0.3, 0.4) is 0 Å². The number of rotatable bonds is 6. The van der Waals surface area contributed by atoms with Gasteiger partial charge in [0.15, 0.2) is 0 Å². The summed E-state index contributed by atoms with van der Waals surface area (Å²) in [6, 6.07) is 4.63. The van der Waals surface area contributed by atoms with Crippen LogP contribution in [0.25, 0.3) is 0 Å². The van der Waals surface area contributed by atoms with Gasteiger partial charge in [0.1, 0.15) is 0 Å². The van der Waals surface area contributed by atoms with Crippen molar-refractivity contribution in [3.05, 3.63) is 27.7 Å². The van der Waals surface area contributed by atoms with Gasteiger partial charge in [0, 0.05) is 23.5 Å². The zero-order valence-corrected chi connectivity index (χ0v) is 13.7. The van der Waals surface area contributed by atoms with Gasteiger partial charge < -0.3 is 5.32 Å². The number of benzene rings is 1. The fourth-order valence-corrected chi connectivity index (χ4v) is 3.26. The molecule has 0 unspecified atom stereocenters. The Morgan fingerprint density at radius 1 is 1.40 bits per heavy atom. The van der Waals surface area contributed by atoms with E-state index in [0.29, 0.717) is 9.50 Å². The van der Waals surface area contributed by atoms with E-state index in [0.717, 1.165) is 12.8 Å². The predicted octanol–water partition coefficient (Wildman–Crippen LogP) is 2.05. The Labute approximate surface area is 131 Å². The van der Waals surface area contributed by atoms with Crippen LogP contribution in [-0.4, -0.2) is 26.9 Å². The Hall–Kier alpha value is -0.630. The van der Waals surface area contributed by atoms with E-state index < -0.39 is 10.0 Å². The molecule has 0 atom stereocenters. The summed E-state index contributed by atoms with van der Waals surface area (Å²) in [6.07, 6.45) is 2.15. The highest BCUT2D eigenvalue weighted by atomic mass is 79.9. The number of amides is 1. The number of hydrogen-bond acceptors (Lipinski definition) is 3. The molecule has 5 nitrogen and oxygen atoms in total. The summed E-state index contributed by atoms with van der Waals surface area (Å²) in [5.74, 6) is -0.132. The maximum atomic E-state index is 12.0. The molecule has 0 radical (unpaired) electrons. The number of nitrogens with one attached hydrogen (secondary N) is 2. The van der Waals surface area contributed by atoms with Crippen LogP contribution in [0, 0.1) is 0 Å². The molecule has 1 amide bonds. The first-order valence-electron chi connectivity index (χ1n) is 6.12. The normalized spacial score (nSPS) is 15.1. The standard InChI is InChI=1S/C12H14BrClN2O3S/c13-10-7-9(3-4-11(10)14)20(18,19)15-6-5-12(17)16-8-1-2-8/h3-4,7-8,15H,1-2,5-6H2,(H,16,17). The molecule has 1 aliphatic carbocycles. The second-order valence-corrected chi connectivity index (χ2v) is 7.59. The lowest BCUT2D eigenvalue weighted by atomic mass is 10.4. The molecule has 110 valence electrons. The van der Waals surface area contributed by atoms with Crippen LogP contribution in [0.2, 0.25) is 5.02 Å². The minimum absolute atomic E-state index is 0.0706. The average molecular weight is 382 g/mol. The second-order valence-electron chi connectivity index (χ2n) is 4.57. The molecule has 0 heterocycles. The Morgan fingerprint density at radius 3 is 2.70 bits per heavy atom. The van der Waals surface area contributed by atoms with Gasteiger partial charge in [-0.15, -0.1) is 0 Å². The number of carbonyl (C=O) groups excluding carboxylic acids is 1. The van der Waals surface area contributed by atoms with Gasteiger partial charge in [0.05, 0.1) is 9.92 Å². The highest BCUT2D eigenvalue weighted by Gasteiger charge is 2.23. The molecule has 8 heteroatoms. The van der Waals surface area contributed by atoms with Crippen LogP contribution in [0.4, 0.5) is 0 Å². The molecule has 1 fully saturated rings. The number of carbonyl (C=O) groups is 1. The van der Waals surface area contributed by atoms with Crippen LogP contribution in [-0.2, 0) is 14.8 Å². The minimum Gasteiger partial charge on any atom is -0.353 e. The predicted molar refractivity (Wildman–Crippen MR) is 80.1 cm³/mol. The highest BCUT2D eigenvalue weighted by Crippen LogP contribution is 2.25. The van der Waals surface area contributed by atoms with Gasteiger partial charge in [-0.25, -0.2) is 13.1 Å². The third kappa shape index (κ3) is 4.44. The largest absolute Gasteiger partial charge is 0.353 e. The van der Waals surface area contributed by atoms with E-state index in [2.05, 4.69) is 26.0 Å². The van der Waals surface area contributed by atoms with Crippen LogP contribution in [0.15, 0.2) is 27.6 Å². The topological polar surface area (TPSA) is 75.3 Å². The average Bonchev–Trinajstić information content (AvgIpc) is 3.16. The molecule has 1 aromatic carbocycles. The van der Waals surface area contributed by atoms with Crippen molar-refractivity contribution in [3.8, 4) is 0 Å². The molecule has 1 saturated carbocycles. The van der Waals surface area contributed by atoms with Crippen LogP contribution in [0.5, 0.6) is 0 Å². The zero-order chi connectivity index (χ0) is 14.8. The van der Waals surface area contributed by atoms with Crippen molar-refractivity contribution >= 4 is 43.5 Å². The van der Waals surface area contributed by atoms with Crippen molar-refractivity contribution in [2.45, 2.75) is 30.2 Å². The van der Waals surface area contributed by atoms with Crippen molar-refractivity contribution in [2.75, 3.05) is 6.54 Å². The number of sulfonamides is 1. The van der Waals surface area contributed by atoms with E-state index in [4.69, 9.17) is 11.6 Å².